The monoisotopic (exact) mass is 477 g/mol. The normalized spacial score (nSPS) is 17.1. The molecule has 1 aliphatic heterocycles. The fourth-order valence-electron chi connectivity index (χ4n) is 4.42. The molecule has 1 amide bonds. The molecule has 8 heteroatoms. The van der Waals surface area contributed by atoms with Crippen molar-refractivity contribution in [1.29, 1.82) is 0 Å². The number of rotatable bonds is 4. The molecule has 0 aliphatic carbocycles. The van der Waals surface area contributed by atoms with Gasteiger partial charge in [0.15, 0.2) is 17.2 Å². The summed E-state index contributed by atoms with van der Waals surface area (Å²) in [6.45, 7) is 0. The first-order valence-corrected chi connectivity index (χ1v) is 11.3. The van der Waals surface area contributed by atoms with E-state index >= 15 is 0 Å². The van der Waals surface area contributed by atoms with Crippen molar-refractivity contribution in [3.8, 4) is 11.3 Å². The maximum absolute atomic E-state index is 14.3. The smallest absolute Gasteiger partial charge is 0.261 e. The first-order valence-electron chi connectivity index (χ1n) is 10.9. The van der Waals surface area contributed by atoms with Crippen LogP contribution in [0.5, 0.6) is 0 Å². The summed E-state index contributed by atoms with van der Waals surface area (Å²) in [5, 5.41) is 7.55. The Bertz CT molecular complexity index is 1550. The van der Waals surface area contributed by atoms with Crippen molar-refractivity contribution in [1.82, 2.24) is 24.6 Å². The van der Waals surface area contributed by atoms with Crippen LogP contribution in [-0.2, 0) is 0 Å². The third-order valence-corrected chi connectivity index (χ3v) is 6.30. The van der Waals surface area contributed by atoms with E-state index in [1.54, 1.807) is 30.7 Å². The molecule has 3 aromatic carbocycles. The zero-order chi connectivity index (χ0) is 23.8. The van der Waals surface area contributed by atoms with Crippen LogP contribution in [0.2, 0.25) is 5.02 Å². The molecular weight excluding hydrogens is 460 g/mol. The minimum atomic E-state index is -0.241. The number of amidine groups is 1. The van der Waals surface area contributed by atoms with Gasteiger partial charge in [0.25, 0.3) is 5.84 Å². The van der Waals surface area contributed by atoms with Crippen LogP contribution in [0.25, 0.3) is 11.3 Å². The number of quaternary nitrogens is 1. The number of hydrogen-bond donors (Lipinski definition) is 1. The van der Waals surface area contributed by atoms with Gasteiger partial charge >= 0.3 is 5.91 Å². The summed E-state index contributed by atoms with van der Waals surface area (Å²) >= 11 is 6.22. The number of nitrogens with zero attached hydrogens (tertiary/aromatic N) is 5. The molecule has 0 fully saturated rings. The Hall–Kier alpha value is -4.46. The van der Waals surface area contributed by atoms with Crippen molar-refractivity contribution < 1.29 is 4.79 Å². The van der Waals surface area contributed by atoms with Crippen LogP contribution in [0.1, 0.15) is 15.9 Å². The third kappa shape index (κ3) is 3.37. The minimum Gasteiger partial charge on any atom is -0.261 e. The summed E-state index contributed by atoms with van der Waals surface area (Å²) in [5.74, 6) is 0.817. The van der Waals surface area contributed by atoms with Crippen LogP contribution in [-0.4, -0.2) is 31.9 Å². The molecule has 5 aromatic rings. The molecule has 35 heavy (non-hydrogen) atoms. The zero-order valence-corrected chi connectivity index (χ0v) is 19.1. The van der Waals surface area contributed by atoms with Crippen molar-refractivity contribution in [2.45, 2.75) is 0 Å². The minimum absolute atomic E-state index is 0.162. The average Bonchev–Trinajstić information content (AvgIpc) is 3.40. The molecular formula is C27H18ClN6O+. The topological polar surface area (TPSA) is 83.9 Å². The maximum atomic E-state index is 14.3. The molecule has 2 aromatic heterocycles. The van der Waals surface area contributed by atoms with E-state index in [9.17, 15) is 4.79 Å². The first kappa shape index (κ1) is 21.1. The fourth-order valence-corrected chi connectivity index (χ4v) is 4.55. The van der Waals surface area contributed by atoms with Gasteiger partial charge in [0, 0.05) is 47.2 Å². The van der Waals surface area contributed by atoms with Crippen LogP contribution in [0, 0.1) is 0 Å². The van der Waals surface area contributed by atoms with E-state index in [0.29, 0.717) is 27.9 Å². The molecule has 0 spiro atoms. The van der Waals surface area contributed by atoms with E-state index in [-0.39, 0.29) is 10.4 Å². The Morgan fingerprint density at radius 1 is 0.771 bits per heavy atom. The number of benzene rings is 3. The Morgan fingerprint density at radius 3 is 2.20 bits per heavy atom. The highest BCUT2D eigenvalue weighted by Crippen LogP contribution is 2.44. The first-order chi connectivity index (χ1) is 17.2. The summed E-state index contributed by atoms with van der Waals surface area (Å²) in [5.41, 5.74) is 4.35. The van der Waals surface area contributed by atoms with Gasteiger partial charge in [-0.05, 0) is 24.3 Å². The third-order valence-electron chi connectivity index (χ3n) is 6.05. The van der Waals surface area contributed by atoms with Gasteiger partial charge in [0.2, 0.25) is 0 Å². The summed E-state index contributed by atoms with van der Waals surface area (Å²) < 4.78 is -0.241. The van der Waals surface area contributed by atoms with Crippen molar-refractivity contribution in [2.24, 2.45) is 4.99 Å². The number of amides is 1. The molecule has 0 radical (unpaired) electrons. The van der Waals surface area contributed by atoms with Gasteiger partial charge in [-0.3, -0.25) is 15.1 Å². The molecule has 1 unspecified atom stereocenters. The Kier molecular flexibility index (Phi) is 5.06. The van der Waals surface area contributed by atoms with E-state index < -0.39 is 0 Å². The van der Waals surface area contributed by atoms with Crippen molar-refractivity contribution in [3.63, 3.8) is 0 Å². The SMILES string of the molecule is O=C1c2cn[nH]c2N=C(c2ccc(-c3cnccn3)cc2)[N+]1(c1ccccc1)c1ccc(Cl)cc1. The Morgan fingerprint density at radius 2 is 1.49 bits per heavy atom. The van der Waals surface area contributed by atoms with Crippen molar-refractivity contribution >= 4 is 40.5 Å². The highest BCUT2D eigenvalue weighted by Gasteiger charge is 2.52. The number of halogens is 1. The van der Waals surface area contributed by atoms with Crippen molar-refractivity contribution in [3.05, 3.63) is 120 Å². The van der Waals surface area contributed by atoms with Crippen LogP contribution in [0.4, 0.5) is 17.2 Å². The standard InChI is InChI=1S/C27H17ClN6O/c28-20-10-12-22(13-11-20)34(21-4-2-1-3-5-21)26(32-25-23(27(34)35)16-31-33-25)19-8-6-18(7-9-19)24-17-29-14-15-30-24/h1-17H/p+1. The number of aromatic amines is 1. The number of nitrogens with one attached hydrogen (secondary N) is 1. The quantitative estimate of drug-likeness (QED) is 0.317. The largest absolute Gasteiger partial charge is 0.367 e. The number of carbonyl (C=O) groups is 1. The number of aliphatic imine (C=N–C) groups is 1. The maximum Gasteiger partial charge on any atom is 0.367 e. The van der Waals surface area contributed by atoms with Gasteiger partial charge in [-0.15, -0.1) is 4.48 Å². The molecule has 0 bridgehead atoms. The lowest BCUT2D eigenvalue weighted by Crippen LogP contribution is -2.56. The molecule has 1 aliphatic rings. The number of para-hydroxylation sites is 1. The fraction of sp³-hybridized carbons (Fsp3) is 0. The van der Waals surface area contributed by atoms with E-state index in [1.165, 1.54) is 6.20 Å². The van der Waals surface area contributed by atoms with Gasteiger partial charge in [-0.2, -0.15) is 10.1 Å². The summed E-state index contributed by atoms with van der Waals surface area (Å²) in [7, 11) is 0. The van der Waals surface area contributed by atoms with Gasteiger partial charge in [-0.1, -0.05) is 41.9 Å². The lowest BCUT2D eigenvalue weighted by Gasteiger charge is -2.36. The molecule has 0 saturated carbocycles. The molecule has 0 saturated heterocycles. The van der Waals surface area contributed by atoms with Crippen molar-refractivity contribution in [2.75, 3.05) is 0 Å². The van der Waals surface area contributed by atoms with Gasteiger partial charge in [0.1, 0.15) is 5.56 Å². The van der Waals surface area contributed by atoms with E-state index in [4.69, 9.17) is 16.6 Å². The highest BCUT2D eigenvalue weighted by molar-refractivity contribution is 6.31. The second-order valence-corrected chi connectivity index (χ2v) is 8.46. The number of fused-ring (bicyclic) bond motifs is 1. The summed E-state index contributed by atoms with van der Waals surface area (Å²) in [4.78, 5) is 27.8. The van der Waals surface area contributed by atoms with E-state index in [1.807, 2.05) is 66.7 Å². The Balaban J connectivity index is 1.62. The molecule has 7 nitrogen and oxygen atoms in total. The number of hydrogen-bond acceptors (Lipinski definition) is 5. The predicted octanol–water partition coefficient (Wildman–Crippen LogP) is 6.09. The molecule has 168 valence electrons. The number of aromatic nitrogens is 4. The highest BCUT2D eigenvalue weighted by atomic mass is 35.5. The Labute approximate surface area is 206 Å². The molecule has 1 N–H and O–H groups in total. The van der Waals surface area contributed by atoms with Gasteiger partial charge in [0.05, 0.1) is 23.7 Å². The van der Waals surface area contributed by atoms with E-state index in [0.717, 1.165) is 22.5 Å². The summed E-state index contributed by atoms with van der Waals surface area (Å²) in [6, 6.07) is 24.7. The van der Waals surface area contributed by atoms with Crippen LogP contribution >= 0.6 is 11.6 Å². The van der Waals surface area contributed by atoms with Gasteiger partial charge < -0.3 is 0 Å². The second-order valence-electron chi connectivity index (χ2n) is 8.02. The lowest BCUT2D eigenvalue weighted by atomic mass is 10.0. The predicted molar refractivity (Wildman–Crippen MR) is 136 cm³/mol. The zero-order valence-electron chi connectivity index (χ0n) is 18.3. The summed E-state index contributed by atoms with van der Waals surface area (Å²) in [6.07, 6.45) is 6.54. The van der Waals surface area contributed by atoms with E-state index in [2.05, 4.69) is 20.2 Å². The average molecular weight is 478 g/mol. The van der Waals surface area contributed by atoms with Crippen LogP contribution < -0.4 is 4.48 Å². The second kappa shape index (κ2) is 8.39. The van der Waals surface area contributed by atoms with Gasteiger partial charge in [-0.25, -0.2) is 4.79 Å². The number of carbonyl (C=O) groups excluding carboxylic acids is 1. The van der Waals surface area contributed by atoms with Crippen LogP contribution in [0.3, 0.4) is 0 Å². The lowest BCUT2D eigenvalue weighted by molar-refractivity contribution is 0.0893. The molecule has 6 rings (SSSR count). The molecule has 1 atom stereocenters. The number of H-pyrrole nitrogens is 1. The van der Waals surface area contributed by atoms with Crippen LogP contribution in [0.15, 0.2) is 109 Å². The molecule has 3 heterocycles.